The van der Waals surface area contributed by atoms with Gasteiger partial charge >= 0.3 is 0 Å². The highest BCUT2D eigenvalue weighted by Gasteiger charge is 2.05. The van der Waals surface area contributed by atoms with Gasteiger partial charge < -0.3 is 25.3 Å². The van der Waals surface area contributed by atoms with Crippen LogP contribution in [0.25, 0.3) is 0 Å². The molecule has 0 aliphatic carbocycles. The number of amides is 1. The highest BCUT2D eigenvalue weighted by atomic mass is 127. The van der Waals surface area contributed by atoms with E-state index < -0.39 is 0 Å². The van der Waals surface area contributed by atoms with Crippen molar-refractivity contribution >= 4 is 35.8 Å². The van der Waals surface area contributed by atoms with Gasteiger partial charge in [-0.2, -0.15) is 0 Å². The van der Waals surface area contributed by atoms with Crippen LogP contribution in [0.4, 0.5) is 0 Å². The third-order valence-electron chi connectivity index (χ3n) is 3.67. The molecule has 8 heteroatoms. The molecule has 0 unspecified atom stereocenters. The van der Waals surface area contributed by atoms with Crippen LogP contribution in [0.5, 0.6) is 5.75 Å². The Morgan fingerprint density at radius 3 is 2.59 bits per heavy atom. The van der Waals surface area contributed by atoms with Gasteiger partial charge in [0.15, 0.2) is 5.96 Å². The Hall–Kier alpha value is -2.23. The van der Waals surface area contributed by atoms with Gasteiger partial charge in [-0.25, -0.2) is 0 Å². The maximum atomic E-state index is 12.1. The molecule has 148 valence electrons. The van der Waals surface area contributed by atoms with E-state index in [-0.39, 0.29) is 29.9 Å². The lowest BCUT2D eigenvalue weighted by Crippen LogP contribution is -2.39. The zero-order valence-electron chi connectivity index (χ0n) is 15.8. The van der Waals surface area contributed by atoms with Crippen molar-refractivity contribution < 1.29 is 9.53 Å². The van der Waals surface area contributed by atoms with E-state index in [4.69, 9.17) is 4.74 Å². The summed E-state index contributed by atoms with van der Waals surface area (Å²) in [7, 11) is 1.58. The van der Waals surface area contributed by atoms with Crippen molar-refractivity contribution in [3.63, 3.8) is 0 Å². The molecule has 7 nitrogen and oxygen atoms in total. The zero-order valence-corrected chi connectivity index (χ0v) is 18.1. The second-order valence-corrected chi connectivity index (χ2v) is 5.60. The number of halogens is 1. The van der Waals surface area contributed by atoms with Crippen LogP contribution in [0, 0.1) is 0 Å². The predicted molar refractivity (Wildman–Crippen MR) is 119 cm³/mol. The smallest absolute Gasteiger partial charge is 0.251 e. The van der Waals surface area contributed by atoms with Gasteiger partial charge in [0.25, 0.3) is 5.91 Å². The van der Waals surface area contributed by atoms with Gasteiger partial charge in [-0.05, 0) is 37.3 Å². The Kier molecular flexibility index (Phi) is 11.0. The topological polar surface area (TPSA) is 79.7 Å². The van der Waals surface area contributed by atoms with Crippen LogP contribution in [0.3, 0.4) is 0 Å². The van der Waals surface area contributed by atoms with Gasteiger partial charge in [0.05, 0.1) is 13.7 Å². The molecular weight excluding hydrogens is 457 g/mol. The van der Waals surface area contributed by atoms with E-state index >= 15 is 0 Å². The minimum Gasteiger partial charge on any atom is -0.497 e. The van der Waals surface area contributed by atoms with E-state index in [1.165, 1.54) is 0 Å². The molecule has 0 aliphatic heterocycles. The minimum atomic E-state index is -0.135. The SMILES string of the molecule is CCNC(=NCCNC(=O)c1cccc(OC)c1)NCCn1cccc1.I. The lowest BCUT2D eigenvalue weighted by atomic mass is 10.2. The molecular formula is C19H28IN5O2. The van der Waals surface area contributed by atoms with E-state index in [2.05, 4.69) is 25.5 Å². The zero-order chi connectivity index (χ0) is 18.6. The Bertz CT molecular complexity index is 704. The number of nitrogens with zero attached hydrogens (tertiary/aromatic N) is 2. The van der Waals surface area contributed by atoms with Gasteiger partial charge in [0, 0.05) is 44.1 Å². The molecule has 0 atom stereocenters. The first kappa shape index (κ1) is 22.8. The first-order valence-electron chi connectivity index (χ1n) is 8.78. The quantitative estimate of drug-likeness (QED) is 0.220. The summed E-state index contributed by atoms with van der Waals surface area (Å²) in [5, 5.41) is 9.35. The van der Waals surface area contributed by atoms with Gasteiger partial charge in [0.1, 0.15) is 5.75 Å². The molecule has 0 aliphatic rings. The van der Waals surface area contributed by atoms with Crippen LogP contribution in [-0.4, -0.2) is 49.7 Å². The number of rotatable bonds is 9. The number of guanidine groups is 1. The Balaban J connectivity index is 0.00000364. The number of benzene rings is 1. The third-order valence-corrected chi connectivity index (χ3v) is 3.67. The van der Waals surface area contributed by atoms with E-state index in [0.717, 1.165) is 25.6 Å². The number of nitrogens with one attached hydrogen (secondary N) is 3. The number of hydrogen-bond donors (Lipinski definition) is 3. The number of aromatic nitrogens is 1. The molecule has 2 aromatic rings. The maximum Gasteiger partial charge on any atom is 0.251 e. The molecule has 0 spiro atoms. The van der Waals surface area contributed by atoms with Gasteiger partial charge in [0.2, 0.25) is 0 Å². The van der Waals surface area contributed by atoms with Crippen molar-refractivity contribution in [2.75, 3.05) is 33.3 Å². The standard InChI is InChI=1S/C19H27N5O2.HI/c1-3-20-19(23-11-14-24-12-4-5-13-24)22-10-9-21-18(25)16-7-6-8-17(15-16)26-2;/h4-8,12-13,15H,3,9-11,14H2,1-2H3,(H,21,25)(H2,20,22,23);1H. The highest BCUT2D eigenvalue weighted by molar-refractivity contribution is 14.0. The summed E-state index contributed by atoms with van der Waals surface area (Å²) in [4.78, 5) is 16.6. The Morgan fingerprint density at radius 2 is 1.89 bits per heavy atom. The van der Waals surface area contributed by atoms with E-state index in [1.54, 1.807) is 25.3 Å². The summed E-state index contributed by atoms with van der Waals surface area (Å²) < 4.78 is 7.24. The van der Waals surface area contributed by atoms with Crippen molar-refractivity contribution in [2.45, 2.75) is 13.5 Å². The average Bonchev–Trinajstić information content (AvgIpc) is 3.18. The van der Waals surface area contributed by atoms with Crippen molar-refractivity contribution in [1.82, 2.24) is 20.5 Å². The molecule has 1 amide bonds. The van der Waals surface area contributed by atoms with Crippen LogP contribution in [0.1, 0.15) is 17.3 Å². The summed E-state index contributed by atoms with van der Waals surface area (Å²) in [6.45, 7) is 5.40. The molecule has 0 bridgehead atoms. The Morgan fingerprint density at radius 1 is 1.11 bits per heavy atom. The lowest BCUT2D eigenvalue weighted by molar-refractivity contribution is 0.0954. The third kappa shape index (κ3) is 8.33. The average molecular weight is 485 g/mol. The van der Waals surface area contributed by atoms with Crippen LogP contribution < -0.4 is 20.7 Å². The van der Waals surface area contributed by atoms with Gasteiger partial charge in [-0.3, -0.25) is 9.79 Å². The maximum absolute atomic E-state index is 12.1. The predicted octanol–water partition coefficient (Wildman–Crippen LogP) is 2.10. The summed E-state index contributed by atoms with van der Waals surface area (Å²) >= 11 is 0. The fraction of sp³-hybridized carbons (Fsp3) is 0.368. The minimum absolute atomic E-state index is 0. The molecule has 27 heavy (non-hydrogen) atoms. The second-order valence-electron chi connectivity index (χ2n) is 5.60. The molecule has 1 heterocycles. The number of carbonyl (C=O) groups excluding carboxylic acids is 1. The number of carbonyl (C=O) groups is 1. The second kappa shape index (κ2) is 13.0. The molecule has 1 aromatic heterocycles. The first-order chi connectivity index (χ1) is 12.7. The Labute approximate surface area is 177 Å². The number of aliphatic imine (C=N–C) groups is 1. The summed E-state index contributed by atoms with van der Waals surface area (Å²) in [6.07, 6.45) is 4.06. The lowest BCUT2D eigenvalue weighted by Gasteiger charge is -2.12. The van der Waals surface area contributed by atoms with Crippen LogP contribution in [0.15, 0.2) is 53.8 Å². The van der Waals surface area contributed by atoms with E-state index in [9.17, 15) is 4.79 Å². The van der Waals surface area contributed by atoms with Gasteiger partial charge in [-0.15, -0.1) is 24.0 Å². The van der Waals surface area contributed by atoms with Crippen molar-refractivity contribution in [3.8, 4) is 5.75 Å². The van der Waals surface area contributed by atoms with Crippen molar-refractivity contribution in [2.24, 2.45) is 4.99 Å². The molecule has 2 rings (SSSR count). The molecule has 3 N–H and O–H groups in total. The molecule has 0 saturated heterocycles. The largest absolute Gasteiger partial charge is 0.497 e. The highest BCUT2D eigenvalue weighted by Crippen LogP contribution is 2.12. The van der Waals surface area contributed by atoms with Crippen molar-refractivity contribution in [3.05, 3.63) is 54.4 Å². The van der Waals surface area contributed by atoms with Crippen LogP contribution in [-0.2, 0) is 6.54 Å². The monoisotopic (exact) mass is 485 g/mol. The molecule has 0 radical (unpaired) electrons. The number of methoxy groups -OCH3 is 1. The van der Waals surface area contributed by atoms with Crippen LogP contribution in [0.2, 0.25) is 0 Å². The molecule has 1 aromatic carbocycles. The summed E-state index contributed by atoms with van der Waals surface area (Å²) in [5.41, 5.74) is 0.574. The van der Waals surface area contributed by atoms with Gasteiger partial charge in [-0.1, -0.05) is 6.07 Å². The summed E-state index contributed by atoms with van der Waals surface area (Å²) in [6, 6.07) is 11.1. The van der Waals surface area contributed by atoms with E-state index in [0.29, 0.717) is 24.4 Å². The molecule has 0 saturated carbocycles. The first-order valence-corrected chi connectivity index (χ1v) is 8.78. The van der Waals surface area contributed by atoms with E-state index in [1.807, 2.05) is 37.5 Å². The summed E-state index contributed by atoms with van der Waals surface area (Å²) in [5.74, 6) is 1.27. The number of ether oxygens (including phenoxy) is 1. The molecule has 0 fully saturated rings. The fourth-order valence-corrected chi connectivity index (χ4v) is 2.37. The number of hydrogen-bond acceptors (Lipinski definition) is 3. The normalized spacial score (nSPS) is 10.7. The van der Waals surface area contributed by atoms with Crippen molar-refractivity contribution in [1.29, 1.82) is 0 Å². The fourth-order valence-electron chi connectivity index (χ4n) is 2.37. The van der Waals surface area contributed by atoms with Crippen LogP contribution >= 0.6 is 24.0 Å².